The Balaban J connectivity index is 2.05. The Morgan fingerprint density at radius 3 is 1.80 bits per heavy atom. The summed E-state index contributed by atoms with van der Waals surface area (Å²) < 4.78 is 0. The quantitative estimate of drug-likeness (QED) is 0.301. The molecule has 112 valence electrons. The smallest absolute Gasteiger partial charge is 0.0244 e. The molecular formula is C20H32. The van der Waals surface area contributed by atoms with Crippen molar-refractivity contribution in [2.45, 2.75) is 77.6 Å². The van der Waals surface area contributed by atoms with Crippen LogP contribution in [0.15, 0.2) is 36.9 Å². The summed E-state index contributed by atoms with van der Waals surface area (Å²) in [5.41, 5.74) is 2.93. The van der Waals surface area contributed by atoms with Crippen molar-refractivity contribution in [2.24, 2.45) is 0 Å². The van der Waals surface area contributed by atoms with Crippen LogP contribution in [-0.4, -0.2) is 0 Å². The number of hydrogen-bond donors (Lipinski definition) is 0. The van der Waals surface area contributed by atoms with Gasteiger partial charge in [-0.2, -0.15) is 0 Å². The number of allylic oxidation sites excluding steroid dienone is 1. The minimum atomic E-state index is 1.08. The van der Waals surface area contributed by atoms with Crippen LogP contribution in [0.25, 0.3) is 0 Å². The van der Waals surface area contributed by atoms with E-state index in [4.69, 9.17) is 0 Å². The fourth-order valence-corrected chi connectivity index (χ4v) is 2.60. The van der Waals surface area contributed by atoms with E-state index in [2.05, 4.69) is 37.8 Å². The van der Waals surface area contributed by atoms with Gasteiger partial charge in [-0.1, -0.05) is 82.2 Å². The van der Waals surface area contributed by atoms with Crippen LogP contribution in [0.2, 0.25) is 0 Å². The first-order chi connectivity index (χ1) is 9.86. The lowest BCUT2D eigenvalue weighted by Gasteiger charge is -2.04. The first-order valence-electron chi connectivity index (χ1n) is 8.55. The SMILES string of the molecule is C=CCCc1ccc(CCCCCCCCCC)cc1. The minimum absolute atomic E-state index is 1.08. The molecule has 0 aliphatic carbocycles. The molecule has 1 rings (SSSR count). The molecule has 0 bridgehead atoms. The Bertz CT molecular complexity index is 334. The Morgan fingerprint density at radius 2 is 1.25 bits per heavy atom. The lowest BCUT2D eigenvalue weighted by molar-refractivity contribution is 0.575. The summed E-state index contributed by atoms with van der Waals surface area (Å²) in [6.45, 7) is 6.06. The fourth-order valence-electron chi connectivity index (χ4n) is 2.60. The molecule has 0 atom stereocenters. The molecule has 0 aliphatic rings. The second kappa shape index (κ2) is 11.8. The number of unbranched alkanes of at least 4 members (excludes halogenated alkanes) is 7. The highest BCUT2D eigenvalue weighted by Gasteiger charge is 1.96. The van der Waals surface area contributed by atoms with Crippen LogP contribution in [0.5, 0.6) is 0 Å². The zero-order valence-electron chi connectivity index (χ0n) is 13.4. The van der Waals surface area contributed by atoms with E-state index in [-0.39, 0.29) is 0 Å². The van der Waals surface area contributed by atoms with E-state index < -0.39 is 0 Å². The summed E-state index contributed by atoms with van der Waals surface area (Å²) in [7, 11) is 0. The Labute approximate surface area is 126 Å². The van der Waals surface area contributed by atoms with Crippen molar-refractivity contribution in [1.82, 2.24) is 0 Å². The topological polar surface area (TPSA) is 0 Å². The third-order valence-electron chi connectivity index (χ3n) is 3.98. The second-order valence-electron chi connectivity index (χ2n) is 5.87. The predicted octanol–water partition coefficient (Wildman–Crippen LogP) is 6.49. The standard InChI is InChI=1S/C20H32/c1-3-5-7-8-9-10-11-12-14-20-17-15-19(16-18-20)13-6-4-2/h4,15-18H,2-3,5-14H2,1H3. The van der Waals surface area contributed by atoms with Gasteiger partial charge in [0.1, 0.15) is 0 Å². The molecule has 0 amide bonds. The normalized spacial score (nSPS) is 10.7. The third kappa shape index (κ3) is 8.19. The van der Waals surface area contributed by atoms with E-state index >= 15 is 0 Å². The molecule has 0 unspecified atom stereocenters. The van der Waals surface area contributed by atoms with Gasteiger partial charge in [0.05, 0.1) is 0 Å². The van der Waals surface area contributed by atoms with Gasteiger partial charge >= 0.3 is 0 Å². The molecule has 0 nitrogen and oxygen atoms in total. The average Bonchev–Trinajstić information content (AvgIpc) is 2.49. The van der Waals surface area contributed by atoms with Gasteiger partial charge in [0.15, 0.2) is 0 Å². The number of rotatable bonds is 12. The van der Waals surface area contributed by atoms with Crippen molar-refractivity contribution in [1.29, 1.82) is 0 Å². The monoisotopic (exact) mass is 272 g/mol. The van der Waals surface area contributed by atoms with Crippen LogP contribution >= 0.6 is 0 Å². The summed E-state index contributed by atoms with van der Waals surface area (Å²) in [5.74, 6) is 0. The lowest BCUT2D eigenvalue weighted by atomic mass is 10.0. The highest BCUT2D eigenvalue weighted by atomic mass is 14.0. The maximum atomic E-state index is 3.77. The van der Waals surface area contributed by atoms with Gasteiger partial charge in [-0.05, 0) is 36.8 Å². The Morgan fingerprint density at radius 1 is 0.750 bits per heavy atom. The third-order valence-corrected chi connectivity index (χ3v) is 3.98. The van der Waals surface area contributed by atoms with Gasteiger partial charge in [-0.3, -0.25) is 0 Å². The zero-order chi connectivity index (χ0) is 14.5. The molecule has 0 aromatic heterocycles. The molecule has 0 aliphatic heterocycles. The molecule has 0 heterocycles. The van der Waals surface area contributed by atoms with Gasteiger partial charge in [0.2, 0.25) is 0 Å². The van der Waals surface area contributed by atoms with Crippen LogP contribution in [0.4, 0.5) is 0 Å². The molecule has 1 aromatic rings. The Hall–Kier alpha value is -1.04. The number of aryl methyl sites for hydroxylation is 2. The van der Waals surface area contributed by atoms with E-state index in [1.165, 1.54) is 68.9 Å². The molecule has 0 N–H and O–H groups in total. The van der Waals surface area contributed by atoms with Gasteiger partial charge in [0, 0.05) is 0 Å². The first kappa shape index (κ1) is 17.0. The molecule has 20 heavy (non-hydrogen) atoms. The van der Waals surface area contributed by atoms with Crippen molar-refractivity contribution < 1.29 is 0 Å². The molecule has 1 aromatic carbocycles. The van der Waals surface area contributed by atoms with Crippen LogP contribution in [0.1, 0.15) is 75.8 Å². The van der Waals surface area contributed by atoms with Gasteiger partial charge in [-0.25, -0.2) is 0 Å². The van der Waals surface area contributed by atoms with Crippen molar-refractivity contribution in [3.05, 3.63) is 48.0 Å². The second-order valence-corrected chi connectivity index (χ2v) is 5.87. The largest absolute Gasteiger partial charge is 0.103 e. The van der Waals surface area contributed by atoms with E-state index in [1.807, 2.05) is 6.08 Å². The lowest BCUT2D eigenvalue weighted by Crippen LogP contribution is -1.89. The van der Waals surface area contributed by atoms with Crippen LogP contribution in [-0.2, 0) is 12.8 Å². The van der Waals surface area contributed by atoms with Gasteiger partial charge in [0.25, 0.3) is 0 Å². The summed E-state index contributed by atoms with van der Waals surface area (Å²) in [6.07, 6.45) is 16.7. The van der Waals surface area contributed by atoms with Crippen molar-refractivity contribution in [3.8, 4) is 0 Å². The van der Waals surface area contributed by atoms with Gasteiger partial charge in [-0.15, -0.1) is 6.58 Å². The number of hydrogen-bond acceptors (Lipinski definition) is 0. The van der Waals surface area contributed by atoms with E-state index in [0.29, 0.717) is 0 Å². The van der Waals surface area contributed by atoms with Gasteiger partial charge < -0.3 is 0 Å². The minimum Gasteiger partial charge on any atom is -0.103 e. The molecule has 0 spiro atoms. The average molecular weight is 272 g/mol. The zero-order valence-corrected chi connectivity index (χ0v) is 13.4. The number of benzene rings is 1. The molecule has 0 fully saturated rings. The molecule has 0 saturated carbocycles. The fraction of sp³-hybridized carbons (Fsp3) is 0.600. The summed E-state index contributed by atoms with van der Waals surface area (Å²) in [6, 6.07) is 9.17. The highest BCUT2D eigenvalue weighted by Crippen LogP contribution is 2.12. The molecule has 0 heteroatoms. The van der Waals surface area contributed by atoms with Crippen molar-refractivity contribution in [2.75, 3.05) is 0 Å². The highest BCUT2D eigenvalue weighted by molar-refractivity contribution is 5.22. The van der Waals surface area contributed by atoms with Crippen LogP contribution in [0, 0.1) is 0 Å². The molecule has 0 radical (unpaired) electrons. The van der Waals surface area contributed by atoms with E-state index in [9.17, 15) is 0 Å². The van der Waals surface area contributed by atoms with Crippen LogP contribution < -0.4 is 0 Å². The van der Waals surface area contributed by atoms with E-state index in [0.717, 1.165) is 12.8 Å². The van der Waals surface area contributed by atoms with E-state index in [1.54, 1.807) is 0 Å². The Kier molecular flexibility index (Phi) is 10.0. The van der Waals surface area contributed by atoms with Crippen LogP contribution in [0.3, 0.4) is 0 Å². The van der Waals surface area contributed by atoms with Crippen molar-refractivity contribution >= 4 is 0 Å². The first-order valence-corrected chi connectivity index (χ1v) is 8.55. The molecular weight excluding hydrogens is 240 g/mol. The maximum Gasteiger partial charge on any atom is -0.0244 e. The van der Waals surface area contributed by atoms with Crippen molar-refractivity contribution in [3.63, 3.8) is 0 Å². The molecule has 0 saturated heterocycles. The maximum absolute atomic E-state index is 3.77. The summed E-state index contributed by atoms with van der Waals surface area (Å²) >= 11 is 0. The predicted molar refractivity (Wildman–Crippen MR) is 91.3 cm³/mol. The summed E-state index contributed by atoms with van der Waals surface area (Å²) in [4.78, 5) is 0. The summed E-state index contributed by atoms with van der Waals surface area (Å²) in [5, 5.41) is 0.